The summed E-state index contributed by atoms with van der Waals surface area (Å²) < 4.78 is 1.78. The van der Waals surface area contributed by atoms with E-state index in [-0.39, 0.29) is 11.8 Å². The number of benzene rings is 1. The summed E-state index contributed by atoms with van der Waals surface area (Å²) in [6, 6.07) is 6.25. The van der Waals surface area contributed by atoms with E-state index < -0.39 is 0 Å². The van der Waals surface area contributed by atoms with Crippen molar-refractivity contribution >= 4 is 17.5 Å². The van der Waals surface area contributed by atoms with E-state index >= 15 is 0 Å². The van der Waals surface area contributed by atoms with Gasteiger partial charge >= 0.3 is 6.03 Å². The van der Waals surface area contributed by atoms with Crippen LogP contribution in [0.1, 0.15) is 5.56 Å². The third kappa shape index (κ3) is 4.49. The first kappa shape index (κ1) is 15.8. The topological polar surface area (TPSA) is 82.4 Å². The van der Waals surface area contributed by atoms with Crippen LogP contribution in [0.15, 0.2) is 30.5 Å². The molecule has 2 amide bonds. The highest BCUT2D eigenvalue weighted by Crippen LogP contribution is 2.20. The molecule has 0 bridgehead atoms. The second-order valence-electron chi connectivity index (χ2n) is 5.35. The van der Waals surface area contributed by atoms with Crippen molar-refractivity contribution in [3.05, 3.63) is 36.0 Å². The molecule has 0 unspecified atom stereocenters. The van der Waals surface area contributed by atoms with Crippen molar-refractivity contribution in [1.82, 2.24) is 14.7 Å². The van der Waals surface area contributed by atoms with Crippen LogP contribution in [0.5, 0.6) is 5.75 Å². The molecule has 2 rings (SSSR count). The highest BCUT2D eigenvalue weighted by atomic mass is 16.3. The number of nitrogens with zero attached hydrogens (tertiary/aromatic N) is 3. The second-order valence-corrected chi connectivity index (χ2v) is 5.35. The van der Waals surface area contributed by atoms with E-state index in [4.69, 9.17) is 0 Å². The molecular formula is C15H21N5O2. The second kappa shape index (κ2) is 6.95. The Balaban J connectivity index is 1.90. The third-order valence-corrected chi connectivity index (χ3v) is 3.11. The Morgan fingerprint density at radius 2 is 2.09 bits per heavy atom. The Hall–Kier alpha value is -2.54. The SMILES string of the molecule is Cc1cc(NC(=O)Nc2ccn(CCN(C)C)n2)ccc1O. The summed E-state index contributed by atoms with van der Waals surface area (Å²) in [6.45, 7) is 3.40. The van der Waals surface area contributed by atoms with E-state index in [1.165, 1.54) is 0 Å². The molecule has 0 aliphatic heterocycles. The number of rotatable bonds is 5. The summed E-state index contributed by atoms with van der Waals surface area (Å²) in [7, 11) is 3.99. The third-order valence-electron chi connectivity index (χ3n) is 3.11. The maximum absolute atomic E-state index is 11.9. The summed E-state index contributed by atoms with van der Waals surface area (Å²) in [6.07, 6.45) is 1.82. The Labute approximate surface area is 129 Å². The van der Waals surface area contributed by atoms with Gasteiger partial charge in [-0.3, -0.25) is 10.00 Å². The summed E-state index contributed by atoms with van der Waals surface area (Å²) in [5, 5.41) is 19.1. The maximum atomic E-state index is 11.9. The molecule has 2 aromatic rings. The van der Waals surface area contributed by atoms with Crippen molar-refractivity contribution < 1.29 is 9.90 Å². The van der Waals surface area contributed by atoms with Crippen LogP contribution in [-0.4, -0.2) is 46.5 Å². The molecule has 0 saturated heterocycles. The van der Waals surface area contributed by atoms with Crippen molar-refractivity contribution in [2.24, 2.45) is 0 Å². The molecule has 0 atom stereocenters. The lowest BCUT2D eigenvalue weighted by Gasteiger charge is -2.09. The monoisotopic (exact) mass is 303 g/mol. The van der Waals surface area contributed by atoms with Gasteiger partial charge in [-0.25, -0.2) is 4.79 Å². The summed E-state index contributed by atoms with van der Waals surface area (Å²) in [5.74, 6) is 0.692. The molecule has 0 aliphatic carbocycles. The first-order valence-electron chi connectivity index (χ1n) is 7.00. The normalized spacial score (nSPS) is 10.7. The van der Waals surface area contributed by atoms with Crippen LogP contribution < -0.4 is 10.6 Å². The number of likely N-dealkylation sites (N-methyl/N-ethyl adjacent to an activating group) is 1. The van der Waals surface area contributed by atoms with Gasteiger partial charge in [-0.1, -0.05) is 0 Å². The van der Waals surface area contributed by atoms with E-state index in [1.807, 2.05) is 20.3 Å². The average Bonchev–Trinajstić information content (AvgIpc) is 2.88. The lowest BCUT2D eigenvalue weighted by atomic mass is 10.2. The molecule has 1 aromatic heterocycles. The number of aromatic hydroxyl groups is 1. The largest absolute Gasteiger partial charge is 0.508 e. The Kier molecular flexibility index (Phi) is 5.00. The lowest BCUT2D eigenvalue weighted by molar-refractivity contribution is 0.262. The lowest BCUT2D eigenvalue weighted by Crippen LogP contribution is -2.21. The number of phenols is 1. The molecule has 118 valence electrons. The van der Waals surface area contributed by atoms with E-state index in [2.05, 4.69) is 20.6 Å². The zero-order valence-corrected chi connectivity index (χ0v) is 13.0. The summed E-state index contributed by atoms with van der Waals surface area (Å²) >= 11 is 0. The van der Waals surface area contributed by atoms with Crippen molar-refractivity contribution in [3.63, 3.8) is 0 Å². The van der Waals surface area contributed by atoms with Gasteiger partial charge in [0, 0.05) is 24.5 Å². The smallest absolute Gasteiger partial charge is 0.324 e. The molecule has 7 nitrogen and oxygen atoms in total. The van der Waals surface area contributed by atoms with Gasteiger partial charge in [0.2, 0.25) is 0 Å². The number of hydrogen-bond acceptors (Lipinski definition) is 4. The number of phenolic OH excluding ortho intramolecular Hbond substituents is 1. The molecule has 7 heteroatoms. The van der Waals surface area contributed by atoms with E-state index in [0.717, 1.165) is 13.1 Å². The number of hydrogen-bond donors (Lipinski definition) is 3. The van der Waals surface area contributed by atoms with E-state index in [1.54, 1.807) is 35.9 Å². The van der Waals surface area contributed by atoms with E-state index in [0.29, 0.717) is 17.1 Å². The first-order chi connectivity index (χ1) is 10.4. The Bertz CT molecular complexity index is 651. The maximum Gasteiger partial charge on any atom is 0.324 e. The van der Waals surface area contributed by atoms with Crippen molar-refractivity contribution in [2.75, 3.05) is 31.3 Å². The summed E-state index contributed by atoms with van der Waals surface area (Å²) in [4.78, 5) is 14.0. The number of aryl methyl sites for hydroxylation is 1. The molecule has 0 aliphatic rings. The number of aromatic nitrogens is 2. The van der Waals surface area contributed by atoms with Crippen LogP contribution in [0.25, 0.3) is 0 Å². The molecule has 22 heavy (non-hydrogen) atoms. The van der Waals surface area contributed by atoms with Crippen LogP contribution >= 0.6 is 0 Å². The van der Waals surface area contributed by atoms with Crippen molar-refractivity contribution in [1.29, 1.82) is 0 Å². The van der Waals surface area contributed by atoms with Gasteiger partial charge in [0.05, 0.1) is 6.54 Å². The predicted molar refractivity (Wildman–Crippen MR) is 86.3 cm³/mol. The van der Waals surface area contributed by atoms with Gasteiger partial charge < -0.3 is 15.3 Å². The van der Waals surface area contributed by atoms with E-state index in [9.17, 15) is 9.90 Å². The number of nitrogens with one attached hydrogen (secondary N) is 2. The molecular weight excluding hydrogens is 282 g/mol. The van der Waals surface area contributed by atoms with Gasteiger partial charge in [-0.2, -0.15) is 5.10 Å². The standard InChI is InChI=1S/C15H21N5O2/c1-11-10-12(4-5-13(11)21)16-15(22)17-14-6-7-20(18-14)9-8-19(2)3/h4-7,10,21H,8-9H2,1-3H3,(H2,16,17,18,22). The number of amides is 2. The number of carbonyl (C=O) groups excluding carboxylic acids is 1. The average molecular weight is 303 g/mol. The summed E-state index contributed by atoms with van der Waals surface area (Å²) in [5.41, 5.74) is 1.31. The Morgan fingerprint density at radius 3 is 2.77 bits per heavy atom. The minimum Gasteiger partial charge on any atom is -0.508 e. The van der Waals surface area contributed by atoms with Gasteiger partial charge in [-0.05, 0) is 44.8 Å². The molecule has 0 radical (unpaired) electrons. The number of carbonyl (C=O) groups is 1. The van der Waals surface area contributed by atoms with Gasteiger partial charge in [0.1, 0.15) is 5.75 Å². The number of anilines is 2. The first-order valence-corrected chi connectivity index (χ1v) is 7.00. The molecule has 1 aromatic carbocycles. The highest BCUT2D eigenvalue weighted by Gasteiger charge is 2.06. The minimum atomic E-state index is -0.372. The Morgan fingerprint density at radius 1 is 1.32 bits per heavy atom. The molecule has 0 fully saturated rings. The molecule has 0 spiro atoms. The fourth-order valence-corrected chi connectivity index (χ4v) is 1.87. The zero-order chi connectivity index (χ0) is 16.1. The van der Waals surface area contributed by atoms with Crippen LogP contribution in [0.4, 0.5) is 16.3 Å². The van der Waals surface area contributed by atoms with Gasteiger partial charge in [-0.15, -0.1) is 0 Å². The predicted octanol–water partition coefficient (Wildman–Crippen LogP) is 2.10. The van der Waals surface area contributed by atoms with Crippen molar-refractivity contribution in [2.45, 2.75) is 13.5 Å². The van der Waals surface area contributed by atoms with Gasteiger partial charge in [0.25, 0.3) is 0 Å². The fraction of sp³-hybridized carbons (Fsp3) is 0.333. The number of urea groups is 1. The molecule has 1 heterocycles. The zero-order valence-electron chi connectivity index (χ0n) is 13.0. The quantitative estimate of drug-likeness (QED) is 0.739. The van der Waals surface area contributed by atoms with Gasteiger partial charge in [0.15, 0.2) is 5.82 Å². The fourth-order valence-electron chi connectivity index (χ4n) is 1.87. The van der Waals surface area contributed by atoms with Crippen LogP contribution in [0.3, 0.4) is 0 Å². The van der Waals surface area contributed by atoms with Crippen LogP contribution in [0.2, 0.25) is 0 Å². The van der Waals surface area contributed by atoms with Crippen molar-refractivity contribution in [3.8, 4) is 5.75 Å². The molecule has 0 saturated carbocycles. The van der Waals surface area contributed by atoms with Crippen LogP contribution in [-0.2, 0) is 6.54 Å². The molecule has 3 N–H and O–H groups in total. The van der Waals surface area contributed by atoms with Crippen LogP contribution in [0, 0.1) is 6.92 Å². The minimum absolute atomic E-state index is 0.200. The highest BCUT2D eigenvalue weighted by molar-refractivity contribution is 5.99.